The van der Waals surface area contributed by atoms with Gasteiger partial charge in [-0.3, -0.25) is 0 Å². The highest BCUT2D eigenvalue weighted by Crippen LogP contribution is 2.23. The highest BCUT2D eigenvalue weighted by molar-refractivity contribution is 9.09. The van der Waals surface area contributed by atoms with Gasteiger partial charge in [-0.1, -0.05) is 36.7 Å². The Kier molecular flexibility index (Phi) is 5.04. The zero-order valence-corrected chi connectivity index (χ0v) is 8.81. The van der Waals surface area contributed by atoms with E-state index in [9.17, 15) is 0 Å². The molecule has 0 aromatic carbocycles. The summed E-state index contributed by atoms with van der Waals surface area (Å²) < 4.78 is 0.447. The van der Waals surface area contributed by atoms with Crippen LogP contribution < -0.4 is 0 Å². The van der Waals surface area contributed by atoms with Gasteiger partial charge >= 0.3 is 0 Å². The second-order valence-corrected chi connectivity index (χ2v) is 5.72. The van der Waals surface area contributed by atoms with E-state index in [0.29, 0.717) is 4.75 Å². The molecule has 0 rings (SSSR count). The lowest BCUT2D eigenvalue weighted by Gasteiger charge is -2.16. The van der Waals surface area contributed by atoms with E-state index in [1.165, 1.54) is 12.2 Å². The minimum atomic E-state index is 0.447. The monoisotopic (exact) mass is 210 g/mol. The van der Waals surface area contributed by atoms with Crippen molar-refractivity contribution in [2.75, 3.05) is 11.1 Å². The Balaban J connectivity index is 3.07. The molecule has 0 heterocycles. The lowest BCUT2D eigenvalue weighted by molar-refractivity contribution is 0.801. The van der Waals surface area contributed by atoms with Crippen molar-refractivity contribution in [1.29, 1.82) is 0 Å². The van der Waals surface area contributed by atoms with E-state index in [4.69, 9.17) is 0 Å². The SMILES string of the molecule is CC(C)(C)SCCCBr. The zero-order valence-electron chi connectivity index (χ0n) is 6.41. The molecule has 0 radical (unpaired) electrons. The first-order valence-corrected chi connectivity index (χ1v) is 5.37. The molecule has 0 aliphatic carbocycles. The van der Waals surface area contributed by atoms with Crippen LogP contribution in [0.4, 0.5) is 0 Å². The fraction of sp³-hybridized carbons (Fsp3) is 1.00. The molecule has 56 valence electrons. The fourth-order valence-electron chi connectivity index (χ4n) is 0.433. The van der Waals surface area contributed by atoms with Crippen molar-refractivity contribution in [3.05, 3.63) is 0 Å². The van der Waals surface area contributed by atoms with E-state index in [0.717, 1.165) is 5.33 Å². The van der Waals surface area contributed by atoms with Crippen molar-refractivity contribution in [2.24, 2.45) is 0 Å². The molecule has 0 aliphatic rings. The molecule has 2 heteroatoms. The minimum absolute atomic E-state index is 0.447. The summed E-state index contributed by atoms with van der Waals surface area (Å²) in [6.45, 7) is 6.77. The molecule has 0 aliphatic heterocycles. The maximum absolute atomic E-state index is 3.40. The third-order valence-electron chi connectivity index (χ3n) is 0.813. The first kappa shape index (κ1) is 9.83. The topological polar surface area (TPSA) is 0 Å². The van der Waals surface area contributed by atoms with Crippen molar-refractivity contribution < 1.29 is 0 Å². The summed E-state index contributed by atoms with van der Waals surface area (Å²) in [5, 5.41) is 1.14. The van der Waals surface area contributed by atoms with Crippen LogP contribution in [0.15, 0.2) is 0 Å². The Hall–Kier alpha value is 0.830. The molecule has 0 nitrogen and oxygen atoms in total. The number of thioether (sulfide) groups is 1. The molecule has 0 saturated carbocycles. The molecule has 0 fully saturated rings. The van der Waals surface area contributed by atoms with Crippen molar-refractivity contribution in [1.82, 2.24) is 0 Å². The molecule has 0 N–H and O–H groups in total. The van der Waals surface area contributed by atoms with Crippen LogP contribution in [0, 0.1) is 0 Å². The number of hydrogen-bond donors (Lipinski definition) is 0. The fourth-order valence-corrected chi connectivity index (χ4v) is 1.99. The third kappa shape index (κ3) is 8.83. The van der Waals surface area contributed by atoms with Gasteiger partial charge in [0.2, 0.25) is 0 Å². The molecule has 0 atom stereocenters. The van der Waals surface area contributed by atoms with Crippen LogP contribution >= 0.6 is 27.7 Å². The molecular formula is C7H15BrS. The van der Waals surface area contributed by atoms with Gasteiger partial charge < -0.3 is 0 Å². The number of hydrogen-bond acceptors (Lipinski definition) is 1. The van der Waals surface area contributed by atoms with Crippen molar-refractivity contribution >= 4 is 27.7 Å². The standard InChI is InChI=1S/C7H15BrS/c1-7(2,3)9-6-4-5-8/h4-6H2,1-3H3. The average Bonchev–Trinajstić information content (AvgIpc) is 1.63. The second-order valence-electron chi connectivity index (χ2n) is 3.00. The first-order valence-electron chi connectivity index (χ1n) is 3.26. The number of rotatable bonds is 3. The van der Waals surface area contributed by atoms with E-state index in [-0.39, 0.29) is 0 Å². The smallest absolute Gasteiger partial charge is 0.00751 e. The van der Waals surface area contributed by atoms with Crippen LogP contribution in [0.2, 0.25) is 0 Å². The highest BCUT2D eigenvalue weighted by Gasteiger charge is 2.08. The molecule has 0 saturated heterocycles. The quantitative estimate of drug-likeness (QED) is 0.509. The van der Waals surface area contributed by atoms with Crippen molar-refractivity contribution in [3.8, 4) is 0 Å². The Labute approximate surface area is 70.9 Å². The van der Waals surface area contributed by atoms with Gasteiger partial charge in [-0.15, -0.1) is 0 Å². The van der Waals surface area contributed by atoms with Gasteiger partial charge in [0.25, 0.3) is 0 Å². The minimum Gasteiger partial charge on any atom is -0.156 e. The highest BCUT2D eigenvalue weighted by atomic mass is 79.9. The van der Waals surface area contributed by atoms with Crippen LogP contribution in [0.5, 0.6) is 0 Å². The van der Waals surface area contributed by atoms with Crippen LogP contribution in [-0.2, 0) is 0 Å². The number of halogens is 1. The normalized spacial score (nSPS) is 12.0. The second kappa shape index (κ2) is 4.62. The predicted octanol–water partition coefficient (Wildman–Crippen LogP) is 3.30. The number of alkyl halides is 1. The van der Waals surface area contributed by atoms with Crippen molar-refractivity contribution in [2.45, 2.75) is 31.9 Å². The molecule has 0 unspecified atom stereocenters. The Morgan fingerprint density at radius 1 is 1.33 bits per heavy atom. The van der Waals surface area contributed by atoms with Gasteiger partial charge in [0, 0.05) is 10.1 Å². The Morgan fingerprint density at radius 3 is 2.22 bits per heavy atom. The third-order valence-corrected chi connectivity index (χ3v) is 2.73. The predicted molar refractivity (Wildman–Crippen MR) is 50.6 cm³/mol. The van der Waals surface area contributed by atoms with Gasteiger partial charge in [0.1, 0.15) is 0 Å². The van der Waals surface area contributed by atoms with Gasteiger partial charge in [-0.05, 0) is 12.2 Å². The van der Waals surface area contributed by atoms with E-state index in [1.807, 2.05) is 11.8 Å². The molecular weight excluding hydrogens is 196 g/mol. The van der Waals surface area contributed by atoms with Crippen LogP contribution in [-0.4, -0.2) is 15.8 Å². The van der Waals surface area contributed by atoms with Gasteiger partial charge in [0.15, 0.2) is 0 Å². The van der Waals surface area contributed by atoms with Crippen LogP contribution in [0.3, 0.4) is 0 Å². The largest absolute Gasteiger partial charge is 0.156 e. The van der Waals surface area contributed by atoms with Gasteiger partial charge in [-0.2, -0.15) is 11.8 Å². The lowest BCUT2D eigenvalue weighted by atomic mass is 10.3. The first-order chi connectivity index (χ1) is 4.06. The van der Waals surface area contributed by atoms with Crippen molar-refractivity contribution in [3.63, 3.8) is 0 Å². The summed E-state index contributed by atoms with van der Waals surface area (Å²) in [7, 11) is 0. The average molecular weight is 211 g/mol. The van der Waals surface area contributed by atoms with E-state index in [1.54, 1.807) is 0 Å². The van der Waals surface area contributed by atoms with Crippen LogP contribution in [0.25, 0.3) is 0 Å². The molecule has 0 spiro atoms. The Morgan fingerprint density at radius 2 is 1.89 bits per heavy atom. The molecule has 0 aromatic heterocycles. The molecule has 0 aromatic rings. The zero-order chi connectivity index (χ0) is 7.33. The van der Waals surface area contributed by atoms with E-state index in [2.05, 4.69) is 36.7 Å². The van der Waals surface area contributed by atoms with Crippen LogP contribution in [0.1, 0.15) is 27.2 Å². The summed E-state index contributed by atoms with van der Waals surface area (Å²) >= 11 is 5.43. The molecule has 9 heavy (non-hydrogen) atoms. The maximum Gasteiger partial charge on any atom is 0.00751 e. The Bertz CT molecular complexity index is 65.8. The summed E-state index contributed by atoms with van der Waals surface area (Å²) in [6, 6.07) is 0. The molecule has 0 amide bonds. The van der Waals surface area contributed by atoms with E-state index < -0.39 is 0 Å². The summed E-state index contributed by atoms with van der Waals surface area (Å²) in [4.78, 5) is 0. The summed E-state index contributed by atoms with van der Waals surface area (Å²) in [5.41, 5.74) is 0. The molecule has 0 bridgehead atoms. The van der Waals surface area contributed by atoms with Gasteiger partial charge in [-0.25, -0.2) is 0 Å². The maximum atomic E-state index is 3.40. The summed E-state index contributed by atoms with van der Waals surface area (Å²) in [5.74, 6) is 1.27. The summed E-state index contributed by atoms with van der Waals surface area (Å²) in [6.07, 6.45) is 1.28. The van der Waals surface area contributed by atoms with Gasteiger partial charge in [0.05, 0.1) is 0 Å². The lowest BCUT2D eigenvalue weighted by Crippen LogP contribution is -2.08. The van der Waals surface area contributed by atoms with E-state index >= 15 is 0 Å².